The zero-order valence-corrected chi connectivity index (χ0v) is 8.39. The van der Waals surface area contributed by atoms with Crippen molar-refractivity contribution in [3.8, 4) is 0 Å². The van der Waals surface area contributed by atoms with Crippen molar-refractivity contribution in [2.45, 2.75) is 24.9 Å². The summed E-state index contributed by atoms with van der Waals surface area (Å²) in [5.74, 6) is -1.21. The van der Waals surface area contributed by atoms with Crippen molar-refractivity contribution < 1.29 is 15.0 Å². The number of benzene rings is 1. The number of aliphatic carboxylic acids is 1. The normalized spacial score (nSPS) is 30.3. The molecule has 0 radical (unpaired) electrons. The van der Waals surface area contributed by atoms with Crippen molar-refractivity contribution in [2.75, 3.05) is 0 Å². The van der Waals surface area contributed by atoms with E-state index >= 15 is 0 Å². The molecule has 2 N–H and O–H groups in total. The summed E-state index contributed by atoms with van der Waals surface area (Å²) in [5, 5.41) is 19.2. The average molecular weight is 206 g/mol. The van der Waals surface area contributed by atoms with Crippen LogP contribution in [0, 0.1) is 5.92 Å². The summed E-state index contributed by atoms with van der Waals surface area (Å²) >= 11 is 0. The second-order valence-corrected chi connectivity index (χ2v) is 4.18. The molecule has 3 nitrogen and oxygen atoms in total. The second kappa shape index (κ2) is 3.66. The first kappa shape index (κ1) is 10.2. The molecule has 80 valence electrons. The number of rotatable bonds is 2. The van der Waals surface area contributed by atoms with E-state index in [9.17, 15) is 9.90 Å². The summed E-state index contributed by atoms with van der Waals surface area (Å²) < 4.78 is 0. The lowest BCUT2D eigenvalue weighted by molar-refractivity contribution is -0.142. The number of hydrogen-bond donors (Lipinski definition) is 2. The van der Waals surface area contributed by atoms with Crippen molar-refractivity contribution in [1.29, 1.82) is 0 Å². The fourth-order valence-corrected chi connectivity index (χ4v) is 2.25. The van der Waals surface area contributed by atoms with Gasteiger partial charge in [-0.2, -0.15) is 0 Å². The minimum absolute atomic E-state index is 0.326. The molecular weight excluding hydrogens is 192 g/mol. The molecule has 1 aromatic rings. The molecule has 2 unspecified atom stereocenters. The van der Waals surface area contributed by atoms with Crippen LogP contribution >= 0.6 is 0 Å². The molecule has 0 aromatic heterocycles. The van der Waals surface area contributed by atoms with Crippen molar-refractivity contribution >= 4 is 5.97 Å². The van der Waals surface area contributed by atoms with Crippen LogP contribution in [0.4, 0.5) is 0 Å². The van der Waals surface area contributed by atoms with Crippen molar-refractivity contribution in [2.24, 2.45) is 5.92 Å². The maximum atomic E-state index is 10.8. The highest BCUT2D eigenvalue weighted by Gasteiger charge is 2.41. The first-order chi connectivity index (χ1) is 7.12. The zero-order valence-electron chi connectivity index (χ0n) is 8.39. The minimum Gasteiger partial charge on any atom is -0.481 e. The van der Waals surface area contributed by atoms with Crippen LogP contribution in [0.5, 0.6) is 0 Å². The largest absolute Gasteiger partial charge is 0.481 e. The van der Waals surface area contributed by atoms with E-state index in [1.165, 1.54) is 0 Å². The molecule has 2 atom stereocenters. The number of carbonyl (C=O) groups is 1. The van der Waals surface area contributed by atoms with Gasteiger partial charge in [-0.1, -0.05) is 30.3 Å². The van der Waals surface area contributed by atoms with Crippen LogP contribution in [-0.4, -0.2) is 16.2 Å². The highest BCUT2D eigenvalue weighted by atomic mass is 16.4. The topological polar surface area (TPSA) is 57.5 Å². The van der Waals surface area contributed by atoms with Gasteiger partial charge in [0, 0.05) is 0 Å². The van der Waals surface area contributed by atoms with Gasteiger partial charge in [0.05, 0.1) is 11.5 Å². The molecule has 1 aromatic carbocycles. The summed E-state index contributed by atoms with van der Waals surface area (Å²) in [6, 6.07) is 9.31. The van der Waals surface area contributed by atoms with E-state index in [1.54, 1.807) is 0 Å². The van der Waals surface area contributed by atoms with E-state index in [2.05, 4.69) is 0 Å². The Kier molecular flexibility index (Phi) is 2.49. The van der Waals surface area contributed by atoms with E-state index in [4.69, 9.17) is 5.11 Å². The van der Waals surface area contributed by atoms with Crippen molar-refractivity contribution in [3.63, 3.8) is 0 Å². The molecule has 0 aliphatic heterocycles. The first-order valence-electron chi connectivity index (χ1n) is 5.12. The van der Waals surface area contributed by atoms with Crippen molar-refractivity contribution in [1.82, 2.24) is 0 Å². The Labute approximate surface area is 88.4 Å². The maximum Gasteiger partial charge on any atom is 0.306 e. The van der Waals surface area contributed by atoms with Crippen molar-refractivity contribution in [3.05, 3.63) is 35.9 Å². The van der Waals surface area contributed by atoms with E-state index in [1.807, 2.05) is 30.3 Å². The SMILES string of the molecule is O=C(O)C1CCC(O)(c2ccccc2)C1. The Balaban J connectivity index is 2.20. The van der Waals surface area contributed by atoms with Crippen LogP contribution < -0.4 is 0 Å². The third-order valence-corrected chi connectivity index (χ3v) is 3.15. The highest BCUT2D eigenvalue weighted by molar-refractivity contribution is 5.70. The van der Waals surface area contributed by atoms with E-state index in [0.717, 1.165) is 5.56 Å². The molecule has 0 bridgehead atoms. The summed E-state index contributed by atoms with van der Waals surface area (Å²) in [6.45, 7) is 0. The molecule has 1 aliphatic carbocycles. The molecule has 0 saturated heterocycles. The fourth-order valence-electron chi connectivity index (χ4n) is 2.25. The van der Waals surface area contributed by atoms with Gasteiger partial charge in [0.25, 0.3) is 0 Å². The third kappa shape index (κ3) is 1.88. The molecule has 0 heterocycles. The number of hydrogen-bond acceptors (Lipinski definition) is 2. The molecule has 1 saturated carbocycles. The minimum atomic E-state index is -0.940. The van der Waals surface area contributed by atoms with Gasteiger partial charge < -0.3 is 10.2 Å². The fraction of sp³-hybridized carbons (Fsp3) is 0.417. The third-order valence-electron chi connectivity index (χ3n) is 3.15. The summed E-state index contributed by atoms with van der Waals surface area (Å²) in [6.07, 6.45) is 1.42. The van der Waals surface area contributed by atoms with E-state index < -0.39 is 17.5 Å². The molecule has 0 amide bonds. The Hall–Kier alpha value is -1.35. The van der Waals surface area contributed by atoms with Gasteiger partial charge in [0.2, 0.25) is 0 Å². The smallest absolute Gasteiger partial charge is 0.306 e. The van der Waals surface area contributed by atoms with Gasteiger partial charge in [-0.05, 0) is 24.8 Å². The standard InChI is InChI=1S/C12H14O3/c13-11(14)9-6-7-12(15,8-9)10-4-2-1-3-5-10/h1-5,9,15H,6-8H2,(H,13,14). The monoisotopic (exact) mass is 206 g/mol. The highest BCUT2D eigenvalue weighted by Crippen LogP contribution is 2.41. The van der Waals surface area contributed by atoms with Crippen LogP contribution in [0.3, 0.4) is 0 Å². The molecular formula is C12H14O3. The van der Waals surface area contributed by atoms with E-state index in [-0.39, 0.29) is 0 Å². The molecule has 1 fully saturated rings. The van der Waals surface area contributed by atoms with Crippen LogP contribution in [0.1, 0.15) is 24.8 Å². The molecule has 3 heteroatoms. The van der Waals surface area contributed by atoms with Crippen LogP contribution in [0.15, 0.2) is 30.3 Å². The Morgan fingerprint density at radius 1 is 1.33 bits per heavy atom. The van der Waals surface area contributed by atoms with Gasteiger partial charge in [-0.25, -0.2) is 0 Å². The van der Waals surface area contributed by atoms with Crippen LogP contribution in [-0.2, 0) is 10.4 Å². The molecule has 15 heavy (non-hydrogen) atoms. The quantitative estimate of drug-likeness (QED) is 0.775. The van der Waals surface area contributed by atoms with Gasteiger partial charge >= 0.3 is 5.97 Å². The molecule has 2 rings (SSSR count). The van der Waals surface area contributed by atoms with Crippen LogP contribution in [0.2, 0.25) is 0 Å². The van der Waals surface area contributed by atoms with Gasteiger partial charge in [0.15, 0.2) is 0 Å². The van der Waals surface area contributed by atoms with Crippen LogP contribution in [0.25, 0.3) is 0 Å². The van der Waals surface area contributed by atoms with E-state index in [0.29, 0.717) is 19.3 Å². The second-order valence-electron chi connectivity index (χ2n) is 4.18. The zero-order chi connectivity index (χ0) is 10.9. The lowest BCUT2D eigenvalue weighted by atomic mass is 9.91. The van der Waals surface area contributed by atoms with Gasteiger partial charge in [0.1, 0.15) is 0 Å². The Morgan fingerprint density at radius 3 is 2.53 bits per heavy atom. The summed E-state index contributed by atoms with van der Waals surface area (Å²) in [5.41, 5.74) is -0.113. The number of carboxylic acid groups (broad SMARTS) is 1. The Bertz CT molecular complexity index is 360. The lowest BCUT2D eigenvalue weighted by Crippen LogP contribution is -2.23. The number of carboxylic acids is 1. The maximum absolute atomic E-state index is 10.8. The summed E-state index contributed by atoms with van der Waals surface area (Å²) in [7, 11) is 0. The average Bonchev–Trinajstić information content (AvgIpc) is 2.64. The number of aliphatic hydroxyl groups is 1. The van der Waals surface area contributed by atoms with Gasteiger partial charge in [-0.15, -0.1) is 0 Å². The summed E-state index contributed by atoms with van der Waals surface area (Å²) in [4.78, 5) is 10.8. The molecule has 1 aliphatic rings. The predicted molar refractivity (Wildman–Crippen MR) is 55.3 cm³/mol. The molecule has 0 spiro atoms. The Morgan fingerprint density at radius 2 is 2.00 bits per heavy atom. The van der Waals surface area contributed by atoms with Gasteiger partial charge in [-0.3, -0.25) is 4.79 Å². The lowest BCUT2D eigenvalue weighted by Gasteiger charge is -2.22. The first-order valence-corrected chi connectivity index (χ1v) is 5.12. The predicted octanol–water partition coefficient (Wildman–Crippen LogP) is 1.76.